The van der Waals surface area contributed by atoms with Crippen LogP contribution in [0.5, 0.6) is 5.75 Å². The van der Waals surface area contributed by atoms with E-state index in [-0.39, 0.29) is 0 Å². The summed E-state index contributed by atoms with van der Waals surface area (Å²) in [4.78, 5) is 2.33. The molecule has 9 aromatic rings. The average Bonchev–Trinajstić information content (AvgIpc) is 3.57. The van der Waals surface area contributed by atoms with Crippen LogP contribution in [0.25, 0.3) is 55.6 Å². The second-order valence-electron chi connectivity index (χ2n) is 14.8. The van der Waals surface area contributed by atoms with Gasteiger partial charge in [-0.3, -0.25) is 0 Å². The molecular weight excluding hydrogens is 691 g/mol. The number of anilines is 3. The maximum absolute atomic E-state index is 7.27. The molecule has 9 aromatic carbocycles. The zero-order valence-corrected chi connectivity index (χ0v) is 31.2. The molecule has 2 aliphatic rings. The first-order valence-corrected chi connectivity index (χ1v) is 19.6. The van der Waals surface area contributed by atoms with Crippen LogP contribution in [-0.4, -0.2) is 0 Å². The molecule has 0 N–H and O–H groups in total. The fourth-order valence-electron chi connectivity index (χ4n) is 8.97. The van der Waals surface area contributed by atoms with E-state index in [1.54, 1.807) is 0 Å². The summed E-state index contributed by atoms with van der Waals surface area (Å²) in [6.07, 6.45) is 0. The first kappa shape index (κ1) is 33.0. The standard InChI is InChI=1S/C55H37NO/c1-3-13-38(14-4-1)40-23-30-44(31-24-40)56(45-32-25-41(26-33-45)39-15-5-2-6-16-39)46-34-27-42(28-35-46)43-29-36-54-50(37-43)49-19-9-12-22-53(49)55(57-54)51-20-10-7-17-47(51)48-18-8-11-21-52(48)55/h1-37H. The Balaban J connectivity index is 0.965. The minimum atomic E-state index is -0.706. The van der Waals surface area contributed by atoms with Crippen LogP contribution >= 0.6 is 0 Å². The molecule has 0 saturated heterocycles. The maximum Gasteiger partial charge on any atom is 0.186 e. The number of hydrogen-bond acceptors (Lipinski definition) is 2. The molecule has 268 valence electrons. The summed E-state index contributed by atoms with van der Waals surface area (Å²) in [7, 11) is 0. The van der Waals surface area contributed by atoms with Gasteiger partial charge in [0.15, 0.2) is 5.60 Å². The number of rotatable bonds is 6. The molecule has 57 heavy (non-hydrogen) atoms. The van der Waals surface area contributed by atoms with Crippen molar-refractivity contribution >= 4 is 17.1 Å². The summed E-state index contributed by atoms with van der Waals surface area (Å²) in [6.45, 7) is 0. The number of nitrogens with zero attached hydrogens (tertiary/aromatic N) is 1. The Hall–Kier alpha value is -7.42. The molecule has 1 aliphatic heterocycles. The Labute approximate surface area is 333 Å². The van der Waals surface area contributed by atoms with Crippen molar-refractivity contribution in [3.8, 4) is 61.4 Å². The molecular formula is C55H37NO. The number of benzene rings is 9. The topological polar surface area (TPSA) is 12.5 Å². The highest BCUT2D eigenvalue weighted by atomic mass is 16.5. The molecule has 0 bridgehead atoms. The first-order chi connectivity index (χ1) is 28.2. The Morgan fingerprint density at radius 2 is 0.614 bits per heavy atom. The molecule has 1 aliphatic carbocycles. The molecule has 11 rings (SSSR count). The van der Waals surface area contributed by atoms with Gasteiger partial charge in [-0.25, -0.2) is 0 Å². The summed E-state index contributed by atoms with van der Waals surface area (Å²) >= 11 is 0. The Morgan fingerprint density at radius 3 is 1.05 bits per heavy atom. The zero-order chi connectivity index (χ0) is 37.8. The van der Waals surface area contributed by atoms with Crippen LogP contribution in [-0.2, 0) is 5.60 Å². The van der Waals surface area contributed by atoms with Crippen molar-refractivity contribution in [1.29, 1.82) is 0 Å². The average molecular weight is 728 g/mol. The summed E-state index contributed by atoms with van der Waals surface area (Å²) in [5.41, 5.74) is 18.0. The predicted molar refractivity (Wildman–Crippen MR) is 235 cm³/mol. The van der Waals surface area contributed by atoms with Gasteiger partial charge in [0, 0.05) is 39.3 Å². The van der Waals surface area contributed by atoms with E-state index in [0.717, 1.165) is 39.5 Å². The van der Waals surface area contributed by atoms with Crippen molar-refractivity contribution in [2.45, 2.75) is 5.60 Å². The highest BCUT2D eigenvalue weighted by Gasteiger charge is 2.50. The molecule has 0 atom stereocenters. The lowest BCUT2D eigenvalue weighted by atomic mass is 9.77. The molecule has 2 nitrogen and oxygen atoms in total. The summed E-state index contributed by atoms with van der Waals surface area (Å²) in [5.74, 6) is 0.893. The van der Waals surface area contributed by atoms with Crippen LogP contribution in [0.1, 0.15) is 16.7 Å². The Bertz CT molecular complexity index is 2770. The van der Waals surface area contributed by atoms with Gasteiger partial charge in [0.25, 0.3) is 0 Å². The van der Waals surface area contributed by atoms with E-state index in [1.807, 2.05) is 0 Å². The smallest absolute Gasteiger partial charge is 0.186 e. The Kier molecular flexibility index (Phi) is 7.75. The van der Waals surface area contributed by atoms with Crippen molar-refractivity contribution in [2.75, 3.05) is 4.90 Å². The second-order valence-corrected chi connectivity index (χ2v) is 14.8. The maximum atomic E-state index is 7.27. The SMILES string of the molecule is c1ccc(-c2ccc(N(c3ccc(-c4ccccc4)cc3)c3ccc(-c4ccc5c(c4)-c4ccccc4C4(O5)c5ccccc5-c5ccccc54)cc3)cc2)cc1. The second kappa shape index (κ2) is 13.4. The third-order valence-electron chi connectivity index (χ3n) is 11.7. The lowest BCUT2D eigenvalue weighted by Gasteiger charge is -2.39. The van der Waals surface area contributed by atoms with E-state index >= 15 is 0 Å². The van der Waals surface area contributed by atoms with Gasteiger partial charge in [0.1, 0.15) is 5.75 Å². The molecule has 2 heteroatoms. The third-order valence-corrected chi connectivity index (χ3v) is 11.7. The molecule has 0 radical (unpaired) electrons. The minimum absolute atomic E-state index is 0.706. The summed E-state index contributed by atoms with van der Waals surface area (Å²) in [6, 6.07) is 80.6. The normalized spacial score (nSPS) is 12.8. The van der Waals surface area contributed by atoms with Crippen molar-refractivity contribution in [3.63, 3.8) is 0 Å². The van der Waals surface area contributed by atoms with Gasteiger partial charge in [0.05, 0.1) is 0 Å². The van der Waals surface area contributed by atoms with Crippen molar-refractivity contribution in [3.05, 3.63) is 241 Å². The van der Waals surface area contributed by atoms with Crippen LogP contribution < -0.4 is 9.64 Å². The van der Waals surface area contributed by atoms with Gasteiger partial charge in [-0.1, -0.05) is 176 Å². The fraction of sp³-hybridized carbons (Fsp3) is 0.0182. The van der Waals surface area contributed by atoms with Crippen LogP contribution in [0.3, 0.4) is 0 Å². The van der Waals surface area contributed by atoms with E-state index in [1.165, 1.54) is 55.6 Å². The molecule has 0 unspecified atom stereocenters. The van der Waals surface area contributed by atoms with Gasteiger partial charge in [-0.2, -0.15) is 0 Å². The summed E-state index contributed by atoms with van der Waals surface area (Å²) < 4.78 is 7.27. The lowest BCUT2D eigenvalue weighted by Crippen LogP contribution is -2.36. The van der Waals surface area contributed by atoms with Gasteiger partial charge < -0.3 is 9.64 Å². The first-order valence-electron chi connectivity index (χ1n) is 19.6. The van der Waals surface area contributed by atoms with Crippen LogP contribution in [0, 0.1) is 0 Å². The third kappa shape index (κ3) is 5.41. The van der Waals surface area contributed by atoms with Gasteiger partial charge in [0.2, 0.25) is 0 Å². The minimum Gasteiger partial charge on any atom is -0.472 e. The van der Waals surface area contributed by atoms with Gasteiger partial charge in [-0.15, -0.1) is 0 Å². The van der Waals surface area contributed by atoms with E-state index in [0.29, 0.717) is 0 Å². The van der Waals surface area contributed by atoms with E-state index < -0.39 is 5.60 Å². The van der Waals surface area contributed by atoms with Crippen LogP contribution in [0.2, 0.25) is 0 Å². The van der Waals surface area contributed by atoms with Gasteiger partial charge in [-0.05, 0) is 98.6 Å². The van der Waals surface area contributed by atoms with E-state index in [9.17, 15) is 0 Å². The number of hydrogen-bond donors (Lipinski definition) is 0. The highest BCUT2D eigenvalue weighted by molar-refractivity contribution is 5.90. The van der Waals surface area contributed by atoms with Crippen molar-refractivity contribution in [1.82, 2.24) is 0 Å². The van der Waals surface area contributed by atoms with Crippen LogP contribution in [0.4, 0.5) is 17.1 Å². The monoisotopic (exact) mass is 727 g/mol. The van der Waals surface area contributed by atoms with Crippen molar-refractivity contribution in [2.24, 2.45) is 0 Å². The Morgan fingerprint density at radius 1 is 0.281 bits per heavy atom. The molecule has 1 spiro atoms. The van der Waals surface area contributed by atoms with E-state index in [4.69, 9.17) is 4.74 Å². The molecule has 0 saturated carbocycles. The van der Waals surface area contributed by atoms with Crippen molar-refractivity contribution < 1.29 is 4.74 Å². The fourth-order valence-corrected chi connectivity index (χ4v) is 8.97. The lowest BCUT2D eigenvalue weighted by molar-refractivity contribution is 0.157. The molecule has 0 aromatic heterocycles. The zero-order valence-electron chi connectivity index (χ0n) is 31.2. The highest BCUT2D eigenvalue weighted by Crippen LogP contribution is 2.58. The quantitative estimate of drug-likeness (QED) is 0.169. The molecule has 1 heterocycles. The molecule has 0 fully saturated rings. The number of ether oxygens (including phenoxy) is 1. The predicted octanol–water partition coefficient (Wildman–Crippen LogP) is 14.5. The number of fused-ring (bicyclic) bond motifs is 9. The molecule has 0 amide bonds. The van der Waals surface area contributed by atoms with Crippen LogP contribution in [0.15, 0.2) is 224 Å². The van der Waals surface area contributed by atoms with Gasteiger partial charge >= 0.3 is 0 Å². The largest absolute Gasteiger partial charge is 0.472 e. The summed E-state index contributed by atoms with van der Waals surface area (Å²) in [5, 5.41) is 0. The van der Waals surface area contributed by atoms with E-state index in [2.05, 4.69) is 229 Å².